The van der Waals surface area contributed by atoms with E-state index in [1.807, 2.05) is 0 Å². The molecule has 0 saturated heterocycles. The SMILES string of the molecule is O=C(O)c1cc(Br)cc(-n2cnc([N+](=O)[O-])n2)c1. The summed E-state index contributed by atoms with van der Waals surface area (Å²) < 4.78 is 1.66. The molecule has 2 aromatic rings. The minimum absolute atomic E-state index is 0.0394. The van der Waals surface area contributed by atoms with Crippen molar-refractivity contribution in [1.29, 1.82) is 0 Å². The molecule has 8 nitrogen and oxygen atoms in total. The summed E-state index contributed by atoms with van der Waals surface area (Å²) >= 11 is 3.16. The topological polar surface area (TPSA) is 111 Å². The third-order valence-corrected chi connectivity index (χ3v) is 2.49. The van der Waals surface area contributed by atoms with Crippen LogP contribution in [0, 0.1) is 10.1 Å². The van der Waals surface area contributed by atoms with Crippen molar-refractivity contribution in [2.45, 2.75) is 0 Å². The molecule has 0 fully saturated rings. The molecule has 2 rings (SSSR count). The summed E-state index contributed by atoms with van der Waals surface area (Å²) in [6.45, 7) is 0. The molecule has 18 heavy (non-hydrogen) atoms. The fourth-order valence-electron chi connectivity index (χ4n) is 1.29. The Morgan fingerprint density at radius 2 is 2.17 bits per heavy atom. The largest absolute Gasteiger partial charge is 0.491 e. The third kappa shape index (κ3) is 2.35. The average Bonchev–Trinajstić information content (AvgIpc) is 2.77. The molecule has 1 aromatic heterocycles. The number of halogens is 1. The average molecular weight is 313 g/mol. The summed E-state index contributed by atoms with van der Waals surface area (Å²) in [7, 11) is 0. The monoisotopic (exact) mass is 312 g/mol. The Morgan fingerprint density at radius 1 is 1.44 bits per heavy atom. The number of hydrogen-bond donors (Lipinski definition) is 1. The van der Waals surface area contributed by atoms with Crippen LogP contribution in [-0.4, -0.2) is 30.8 Å². The van der Waals surface area contributed by atoms with Crippen molar-refractivity contribution in [1.82, 2.24) is 14.8 Å². The zero-order chi connectivity index (χ0) is 13.3. The zero-order valence-electron chi connectivity index (χ0n) is 8.65. The van der Waals surface area contributed by atoms with E-state index in [-0.39, 0.29) is 5.56 Å². The van der Waals surface area contributed by atoms with Gasteiger partial charge in [-0.05, 0) is 23.1 Å². The van der Waals surface area contributed by atoms with Gasteiger partial charge in [0, 0.05) is 9.57 Å². The molecule has 0 saturated carbocycles. The molecule has 1 aromatic carbocycles. The van der Waals surface area contributed by atoms with E-state index in [1.54, 1.807) is 6.07 Å². The van der Waals surface area contributed by atoms with Crippen LogP contribution in [0.4, 0.5) is 5.95 Å². The van der Waals surface area contributed by atoms with Gasteiger partial charge in [0.1, 0.15) is 0 Å². The highest BCUT2D eigenvalue weighted by Crippen LogP contribution is 2.19. The maximum Gasteiger partial charge on any atom is 0.491 e. The van der Waals surface area contributed by atoms with Gasteiger partial charge in [-0.3, -0.25) is 0 Å². The van der Waals surface area contributed by atoms with E-state index in [9.17, 15) is 14.9 Å². The van der Waals surface area contributed by atoms with Crippen LogP contribution >= 0.6 is 15.9 Å². The number of hydrogen-bond acceptors (Lipinski definition) is 5. The molecule has 1 heterocycles. The van der Waals surface area contributed by atoms with Crippen molar-refractivity contribution in [3.05, 3.63) is 44.7 Å². The predicted molar refractivity (Wildman–Crippen MR) is 62.7 cm³/mol. The molecule has 0 unspecified atom stereocenters. The molecule has 92 valence electrons. The fraction of sp³-hybridized carbons (Fsp3) is 0. The van der Waals surface area contributed by atoms with Crippen LogP contribution in [0.15, 0.2) is 29.0 Å². The number of aromatic nitrogens is 3. The summed E-state index contributed by atoms with van der Waals surface area (Å²) in [4.78, 5) is 24.1. The summed E-state index contributed by atoms with van der Waals surface area (Å²) in [6.07, 6.45) is 1.14. The number of carboxylic acids is 1. The highest BCUT2D eigenvalue weighted by molar-refractivity contribution is 9.10. The van der Waals surface area contributed by atoms with Crippen molar-refractivity contribution in [3.8, 4) is 5.69 Å². The van der Waals surface area contributed by atoms with E-state index in [0.717, 1.165) is 11.0 Å². The van der Waals surface area contributed by atoms with Gasteiger partial charge in [-0.15, -0.1) is 4.68 Å². The Morgan fingerprint density at radius 3 is 2.72 bits per heavy atom. The van der Waals surface area contributed by atoms with Crippen LogP contribution < -0.4 is 0 Å². The summed E-state index contributed by atoms with van der Waals surface area (Å²) in [5.41, 5.74) is 0.403. The van der Waals surface area contributed by atoms with Crippen LogP contribution in [0.3, 0.4) is 0 Å². The van der Waals surface area contributed by atoms with Crippen LogP contribution in [-0.2, 0) is 0 Å². The highest BCUT2D eigenvalue weighted by Gasteiger charge is 2.16. The van der Waals surface area contributed by atoms with Crippen molar-refractivity contribution < 1.29 is 14.8 Å². The lowest BCUT2D eigenvalue weighted by Crippen LogP contribution is -2.01. The molecule has 0 atom stereocenters. The van der Waals surface area contributed by atoms with E-state index in [2.05, 4.69) is 26.0 Å². The molecular formula is C9H5BrN4O4. The second-order valence-electron chi connectivity index (χ2n) is 3.25. The van der Waals surface area contributed by atoms with Gasteiger partial charge < -0.3 is 15.2 Å². The quantitative estimate of drug-likeness (QED) is 0.681. The second-order valence-corrected chi connectivity index (χ2v) is 4.17. The Bertz CT molecular complexity index is 639. The van der Waals surface area contributed by atoms with Crippen molar-refractivity contribution >= 4 is 27.8 Å². The lowest BCUT2D eigenvalue weighted by atomic mass is 10.2. The van der Waals surface area contributed by atoms with Crippen LogP contribution in [0.5, 0.6) is 0 Å². The summed E-state index contributed by atoms with van der Waals surface area (Å²) in [5.74, 6) is -1.65. The van der Waals surface area contributed by atoms with Crippen molar-refractivity contribution in [3.63, 3.8) is 0 Å². The Labute approximate surface area is 108 Å². The van der Waals surface area contributed by atoms with E-state index in [0.29, 0.717) is 10.2 Å². The van der Waals surface area contributed by atoms with E-state index in [1.165, 1.54) is 12.1 Å². The molecule has 0 aliphatic carbocycles. The highest BCUT2D eigenvalue weighted by atomic mass is 79.9. The first-order chi connectivity index (χ1) is 8.47. The molecule has 0 aliphatic rings. The summed E-state index contributed by atoms with van der Waals surface area (Å²) in [5, 5.41) is 23.0. The predicted octanol–water partition coefficient (Wildman–Crippen LogP) is 1.64. The number of benzene rings is 1. The maximum atomic E-state index is 10.9. The van der Waals surface area contributed by atoms with Gasteiger partial charge in [0.25, 0.3) is 0 Å². The molecule has 0 radical (unpaired) electrons. The van der Waals surface area contributed by atoms with E-state index < -0.39 is 16.8 Å². The minimum Gasteiger partial charge on any atom is -0.478 e. The second kappa shape index (κ2) is 4.53. The van der Waals surface area contributed by atoms with Gasteiger partial charge in [-0.25, -0.2) is 4.79 Å². The standard InChI is InChI=1S/C9H5BrN4O4/c10-6-1-5(8(15)16)2-7(3-6)13-4-11-9(12-13)14(17)18/h1-4H,(H,15,16). The number of aromatic carboxylic acids is 1. The van der Waals surface area contributed by atoms with Crippen molar-refractivity contribution in [2.24, 2.45) is 0 Å². The number of carbonyl (C=O) groups is 1. The smallest absolute Gasteiger partial charge is 0.478 e. The van der Waals surface area contributed by atoms with E-state index >= 15 is 0 Å². The summed E-state index contributed by atoms with van der Waals surface area (Å²) in [6, 6.07) is 4.33. The lowest BCUT2D eigenvalue weighted by Gasteiger charge is -2.00. The van der Waals surface area contributed by atoms with E-state index in [4.69, 9.17) is 5.11 Å². The third-order valence-electron chi connectivity index (χ3n) is 2.04. The maximum absolute atomic E-state index is 10.9. The van der Waals surface area contributed by atoms with Crippen LogP contribution in [0.1, 0.15) is 10.4 Å². The van der Waals surface area contributed by atoms with Gasteiger partial charge in [-0.2, -0.15) is 0 Å². The van der Waals surface area contributed by atoms with Gasteiger partial charge in [-0.1, -0.05) is 20.9 Å². The van der Waals surface area contributed by atoms with Gasteiger partial charge in [0.15, 0.2) is 0 Å². The molecule has 0 bridgehead atoms. The first-order valence-electron chi connectivity index (χ1n) is 4.57. The lowest BCUT2D eigenvalue weighted by molar-refractivity contribution is -0.394. The Balaban J connectivity index is 2.49. The molecule has 9 heteroatoms. The Kier molecular flexibility index (Phi) is 3.06. The Hall–Kier alpha value is -2.29. The zero-order valence-corrected chi connectivity index (χ0v) is 10.2. The van der Waals surface area contributed by atoms with Crippen LogP contribution in [0.2, 0.25) is 0 Å². The van der Waals surface area contributed by atoms with Gasteiger partial charge in [0.2, 0.25) is 6.33 Å². The minimum atomic E-state index is -1.10. The number of nitrogens with zero attached hydrogens (tertiary/aromatic N) is 4. The molecule has 0 spiro atoms. The number of carboxylic acid groups (broad SMARTS) is 1. The molecule has 0 amide bonds. The molecule has 0 aliphatic heterocycles. The normalized spacial score (nSPS) is 10.3. The van der Waals surface area contributed by atoms with Crippen molar-refractivity contribution in [2.75, 3.05) is 0 Å². The first kappa shape index (κ1) is 12.2. The molecular weight excluding hydrogens is 308 g/mol. The number of rotatable bonds is 3. The molecule has 1 N–H and O–H groups in total. The first-order valence-corrected chi connectivity index (χ1v) is 5.37. The van der Waals surface area contributed by atoms with Gasteiger partial charge >= 0.3 is 11.9 Å². The van der Waals surface area contributed by atoms with Gasteiger partial charge in [0.05, 0.1) is 11.3 Å². The number of nitro groups is 1. The van der Waals surface area contributed by atoms with Crippen LogP contribution in [0.25, 0.3) is 5.69 Å². The fourth-order valence-corrected chi connectivity index (χ4v) is 1.77.